The molecule has 2 unspecified atom stereocenters. The molecule has 2 N–H and O–H groups in total. The molecule has 0 bridgehead atoms. The summed E-state index contributed by atoms with van der Waals surface area (Å²) in [6, 6.07) is -0.472. The molecule has 0 radical (unpaired) electrons. The summed E-state index contributed by atoms with van der Waals surface area (Å²) in [6.07, 6.45) is 2.30. The van der Waals surface area contributed by atoms with Crippen molar-refractivity contribution in [2.45, 2.75) is 102 Å². The number of likely N-dealkylation sites (tertiary alicyclic amines) is 1. The maximum atomic E-state index is 13.9. The molecule has 1 rings (SSSR count). The zero-order valence-corrected chi connectivity index (χ0v) is 50.2. The van der Waals surface area contributed by atoms with Crippen LogP contribution >= 0.6 is 63.8 Å². The van der Waals surface area contributed by atoms with E-state index in [1.165, 1.54) is 60.4 Å². The number of carbonyl (C=O) groups excluding carboxylic acids is 6. The van der Waals surface area contributed by atoms with Crippen LogP contribution in [0.3, 0.4) is 0 Å². The Balaban J connectivity index is 0.0000422. The summed E-state index contributed by atoms with van der Waals surface area (Å²) in [5.74, 6) is 1.93. The Morgan fingerprint density at radius 1 is 0.667 bits per heavy atom. The van der Waals surface area contributed by atoms with Crippen molar-refractivity contribution in [3.05, 3.63) is 16.8 Å². The van der Waals surface area contributed by atoms with Crippen LogP contribution < -0.4 is 62.0 Å². The Hall–Kier alpha value is 0.326. The van der Waals surface area contributed by atoms with Gasteiger partial charge in [0.25, 0.3) is 0 Å². The standard InChI is InChI=1S/C43H76N5O11P2S4.K/c1-40(2,3)36(51)62-23-17-56-60(57-18-24-63-37(52)41(4,5)6)21-15-34(50)48-27-31(47-35(46-30-44-13)32(29-49)45-14)33(28-48)55-16-22-61(58-19-25-64-38(53)42(7,8)9)59-20-26-65-39(54)43(10,11)12;/h29-31,33H,15-28H2,1-14H3,(H2,44,46,47,49);/q-1;+1. The molecule has 66 heavy (non-hydrogen) atoms. The number of aldehydes is 1. The van der Waals surface area contributed by atoms with Crippen molar-refractivity contribution in [3.63, 3.8) is 0 Å². The SMILES string of the molecule is CN=CN/C(NC1CN(C(=O)CCP(OCCSC(=O)C(C)(C)C)OCCSC(=O)C(C)(C)C)CC1OCCP(OCCSC(=O)C(C)(C)C)OCCSC(=O)C(C)(C)C)=C(\C=O)[N-]C.[K+]. The topological polar surface area (TPSA) is 202 Å². The van der Waals surface area contributed by atoms with Crippen LogP contribution in [0.15, 0.2) is 16.5 Å². The second kappa shape index (κ2) is 33.9. The Labute approximate surface area is 457 Å². The number of hydrogen-bond acceptors (Lipinski definition) is 17. The van der Waals surface area contributed by atoms with Gasteiger partial charge < -0.3 is 43.7 Å². The summed E-state index contributed by atoms with van der Waals surface area (Å²) in [7, 11) is 0.0890. The molecule has 1 fully saturated rings. The van der Waals surface area contributed by atoms with Gasteiger partial charge in [0.05, 0.1) is 57.3 Å². The number of thioether (sulfide) groups is 4. The zero-order chi connectivity index (χ0) is 49.4. The number of likely N-dealkylation sites (N-methyl/N-ethyl adjacent to an activating group) is 1. The van der Waals surface area contributed by atoms with Gasteiger partial charge in [-0.25, -0.2) is 0 Å². The molecule has 1 aliphatic rings. The van der Waals surface area contributed by atoms with E-state index >= 15 is 0 Å². The number of allylic oxidation sites excluding steroid dienone is 1. The predicted octanol–water partition coefficient (Wildman–Crippen LogP) is 5.10. The molecule has 1 saturated heterocycles. The van der Waals surface area contributed by atoms with Crippen molar-refractivity contribution in [1.29, 1.82) is 0 Å². The molecule has 1 heterocycles. The molecular weight excluding hydrogens is 992 g/mol. The monoisotopic (exact) mass is 1070 g/mol. The number of ether oxygens (including phenoxy) is 1. The quantitative estimate of drug-likeness (QED) is 0.0190. The molecule has 0 aromatic heterocycles. The van der Waals surface area contributed by atoms with E-state index in [1.807, 2.05) is 83.1 Å². The summed E-state index contributed by atoms with van der Waals surface area (Å²) >= 11 is 4.83. The number of nitrogens with zero attached hydrogens (tertiary/aromatic N) is 3. The molecule has 0 saturated carbocycles. The Bertz CT molecular complexity index is 1520. The number of hydrogen-bond donors (Lipinski definition) is 2. The average molecular weight is 1070 g/mol. The van der Waals surface area contributed by atoms with Gasteiger partial charge in [-0.1, -0.05) is 136 Å². The first-order valence-corrected chi connectivity index (χ1v) is 28.3. The second-order valence-corrected chi connectivity index (χ2v) is 26.4. The van der Waals surface area contributed by atoms with Crippen molar-refractivity contribution in [1.82, 2.24) is 15.5 Å². The fourth-order valence-corrected chi connectivity index (χ4v) is 11.0. The van der Waals surface area contributed by atoms with Crippen LogP contribution in [0.25, 0.3) is 5.32 Å². The first kappa shape index (κ1) is 66.3. The van der Waals surface area contributed by atoms with Gasteiger partial charge in [0, 0.05) is 83.6 Å². The van der Waals surface area contributed by atoms with Gasteiger partial charge in [-0.2, -0.15) is 0 Å². The van der Waals surface area contributed by atoms with E-state index in [2.05, 4.69) is 20.9 Å². The van der Waals surface area contributed by atoms with Crippen LogP contribution in [0, 0.1) is 21.7 Å². The summed E-state index contributed by atoms with van der Waals surface area (Å²) in [5, 5.41) is 10.6. The van der Waals surface area contributed by atoms with Gasteiger partial charge in [-0.3, -0.25) is 33.8 Å². The van der Waals surface area contributed by atoms with Crippen molar-refractivity contribution >= 4 is 103 Å². The van der Waals surface area contributed by atoms with Crippen molar-refractivity contribution < 1.29 is 103 Å². The molecule has 2 atom stereocenters. The zero-order valence-electron chi connectivity index (χ0n) is 42.1. The summed E-state index contributed by atoms with van der Waals surface area (Å²) in [5.41, 5.74) is -1.81. The minimum absolute atomic E-state index is 0. The summed E-state index contributed by atoms with van der Waals surface area (Å²) in [4.78, 5) is 81.6. The van der Waals surface area contributed by atoms with Crippen LogP contribution in [0.2, 0.25) is 0 Å². The smallest absolute Gasteiger partial charge is 0.681 e. The van der Waals surface area contributed by atoms with Crippen LogP contribution in [-0.2, 0) is 51.6 Å². The third kappa shape index (κ3) is 28.4. The van der Waals surface area contributed by atoms with E-state index < -0.39 is 50.6 Å². The van der Waals surface area contributed by atoms with Crippen LogP contribution in [0.5, 0.6) is 0 Å². The maximum absolute atomic E-state index is 13.9. The number of nitrogens with one attached hydrogen (secondary N) is 2. The first-order valence-electron chi connectivity index (χ1n) is 21.6. The van der Waals surface area contributed by atoms with Gasteiger partial charge in [-0.05, 0) is 0 Å². The van der Waals surface area contributed by atoms with E-state index in [0.717, 1.165) is 0 Å². The van der Waals surface area contributed by atoms with Crippen LogP contribution in [0.1, 0.15) is 89.5 Å². The Morgan fingerprint density at radius 2 is 1.06 bits per heavy atom. The minimum Gasteiger partial charge on any atom is -0.681 e. The van der Waals surface area contributed by atoms with Crippen molar-refractivity contribution in [3.8, 4) is 0 Å². The van der Waals surface area contributed by atoms with Gasteiger partial charge in [-0.15, -0.1) is 7.05 Å². The van der Waals surface area contributed by atoms with Gasteiger partial charge in [0.15, 0.2) is 37.2 Å². The van der Waals surface area contributed by atoms with E-state index in [0.29, 0.717) is 47.4 Å². The largest absolute Gasteiger partial charge is 1.00 e. The van der Waals surface area contributed by atoms with E-state index in [9.17, 15) is 28.8 Å². The van der Waals surface area contributed by atoms with Crippen molar-refractivity contribution in [2.75, 3.05) is 95.6 Å². The Morgan fingerprint density at radius 3 is 1.41 bits per heavy atom. The summed E-state index contributed by atoms with van der Waals surface area (Å²) in [6.45, 7) is 24.2. The normalized spacial score (nSPS) is 16.3. The molecule has 1 amide bonds. The molecule has 374 valence electrons. The molecule has 0 aromatic carbocycles. The average Bonchev–Trinajstić information content (AvgIpc) is 3.62. The van der Waals surface area contributed by atoms with E-state index in [1.54, 1.807) is 11.9 Å². The van der Waals surface area contributed by atoms with E-state index in [-0.39, 0.29) is 136 Å². The fourth-order valence-electron chi connectivity index (χ4n) is 4.93. The fraction of sp³-hybridized carbons (Fsp3) is 0.791. The maximum Gasteiger partial charge on any atom is 1.00 e. The molecule has 23 heteroatoms. The first-order chi connectivity index (χ1) is 30.2. The second-order valence-electron chi connectivity index (χ2n) is 18.8. The molecule has 0 spiro atoms. The molecular formula is C43H76KN5O11P2S4. The number of rotatable bonds is 29. The predicted molar refractivity (Wildman–Crippen MR) is 273 cm³/mol. The number of carbonyl (C=O) groups is 6. The van der Waals surface area contributed by atoms with Gasteiger partial charge in [0.1, 0.15) is 6.29 Å². The van der Waals surface area contributed by atoms with Crippen LogP contribution in [-0.4, -0.2) is 152 Å². The van der Waals surface area contributed by atoms with Crippen molar-refractivity contribution in [2.24, 2.45) is 26.7 Å². The third-order valence-electron chi connectivity index (χ3n) is 8.67. The molecule has 1 aliphatic heterocycles. The minimum atomic E-state index is -1.52. The molecule has 0 aromatic rings. The van der Waals surface area contributed by atoms with Gasteiger partial charge >= 0.3 is 51.4 Å². The number of amides is 1. The molecule has 0 aliphatic carbocycles. The number of aliphatic imine (C=N–C) groups is 1. The third-order valence-corrected chi connectivity index (χ3v) is 16.7. The van der Waals surface area contributed by atoms with E-state index in [4.69, 9.17) is 22.8 Å². The van der Waals surface area contributed by atoms with Gasteiger partial charge in [0.2, 0.25) is 5.91 Å². The molecule has 16 nitrogen and oxygen atoms in total. The summed E-state index contributed by atoms with van der Waals surface area (Å²) < 4.78 is 31.0. The van der Waals surface area contributed by atoms with Crippen LogP contribution in [0.4, 0.5) is 0 Å². The Kier molecular flexibility index (Phi) is 34.0.